The molecule has 204 valence electrons. The molecule has 4 fully saturated rings. The average Bonchev–Trinajstić information content (AvgIpc) is 3.70. The van der Waals surface area contributed by atoms with Crippen molar-refractivity contribution in [2.24, 2.45) is 17.8 Å². The Morgan fingerprint density at radius 1 is 1.22 bits per heavy atom. The Kier molecular flexibility index (Phi) is 9.01. The summed E-state index contributed by atoms with van der Waals surface area (Å²) in [7, 11) is 1.72. The quantitative estimate of drug-likeness (QED) is 0.159. The van der Waals surface area contributed by atoms with E-state index in [9.17, 15) is 9.35 Å². The van der Waals surface area contributed by atoms with E-state index in [0.717, 1.165) is 55.9 Å². The number of nitrogens with one attached hydrogen (secondary N) is 2. The minimum Gasteiger partial charge on any atom is -0.382 e. The van der Waals surface area contributed by atoms with E-state index in [1.54, 1.807) is 12.7 Å². The van der Waals surface area contributed by atoms with E-state index < -0.39 is 0 Å². The van der Waals surface area contributed by atoms with E-state index in [2.05, 4.69) is 21.0 Å². The highest BCUT2D eigenvalue weighted by molar-refractivity contribution is 7.91. The van der Waals surface area contributed by atoms with Gasteiger partial charge in [-0.2, -0.15) is 0 Å². The number of allylic oxidation sites excluding steroid dienone is 2. The van der Waals surface area contributed by atoms with Crippen LogP contribution in [0.5, 0.6) is 0 Å². The number of carbonyl (C=O) groups is 1. The van der Waals surface area contributed by atoms with E-state index in [0.29, 0.717) is 31.9 Å². The molecule has 5 aliphatic rings. The summed E-state index contributed by atoms with van der Waals surface area (Å²) >= 11 is 0.661. The molecular formula is C28H47N3O4S. The van der Waals surface area contributed by atoms with Crippen LogP contribution in [0, 0.1) is 17.8 Å². The van der Waals surface area contributed by atoms with E-state index in [4.69, 9.17) is 9.47 Å². The molecule has 2 heterocycles. The molecule has 5 atom stereocenters. The van der Waals surface area contributed by atoms with Crippen molar-refractivity contribution in [1.82, 2.24) is 14.9 Å². The predicted molar refractivity (Wildman–Crippen MR) is 144 cm³/mol. The molecule has 2 saturated heterocycles. The molecule has 8 heteroatoms. The lowest BCUT2D eigenvalue weighted by Crippen LogP contribution is -2.60. The molecule has 5 unspecified atom stereocenters. The molecule has 3 N–H and O–H groups in total. The molecule has 1 amide bonds. The molecule has 3 aliphatic carbocycles. The molecule has 0 spiro atoms. The van der Waals surface area contributed by atoms with Crippen LogP contribution in [-0.2, 0) is 14.3 Å². The molecule has 0 aromatic heterocycles. The second-order valence-electron chi connectivity index (χ2n) is 12.3. The Morgan fingerprint density at radius 3 is 2.83 bits per heavy atom. The van der Waals surface area contributed by atoms with Crippen molar-refractivity contribution < 1.29 is 18.8 Å². The highest BCUT2D eigenvalue weighted by Crippen LogP contribution is 2.46. The number of rotatable bonds is 11. The first-order valence-electron chi connectivity index (χ1n) is 14.4. The van der Waals surface area contributed by atoms with Crippen LogP contribution >= 0.6 is 12.2 Å². The zero-order valence-corrected chi connectivity index (χ0v) is 23.0. The summed E-state index contributed by atoms with van der Waals surface area (Å²) in [5.74, 6) is 2.76. The predicted octanol–water partition coefficient (Wildman–Crippen LogP) is 4.54. The standard InChI is InChI=1S/C28H47N3O4S/c1-34-20-27(12-13-27)31-19-28(14-16-30-36-33,35-18-26(31)32)11-10-21-4-6-22(7-5-21)24-9-8-23-3-2-15-29-25(23)17-24/h4,22-25,29-30,33H,2-3,5-20H2,1H3. The van der Waals surface area contributed by atoms with E-state index in [-0.39, 0.29) is 23.7 Å². The van der Waals surface area contributed by atoms with Crippen LogP contribution in [0.2, 0.25) is 0 Å². The number of hydrogen-bond donors (Lipinski definition) is 3. The summed E-state index contributed by atoms with van der Waals surface area (Å²) in [5, 5.41) is 3.82. The van der Waals surface area contributed by atoms with E-state index in [1.165, 1.54) is 57.9 Å². The van der Waals surface area contributed by atoms with Crippen molar-refractivity contribution in [3.05, 3.63) is 11.6 Å². The van der Waals surface area contributed by atoms with Gasteiger partial charge in [-0.3, -0.25) is 4.79 Å². The number of methoxy groups -OCH3 is 1. The van der Waals surface area contributed by atoms with Gasteiger partial charge in [-0.1, -0.05) is 11.6 Å². The number of amides is 1. The summed E-state index contributed by atoms with van der Waals surface area (Å²) in [6, 6.07) is 0.774. The number of morpholine rings is 1. The van der Waals surface area contributed by atoms with Gasteiger partial charge in [-0.15, -0.1) is 0 Å². The van der Waals surface area contributed by atoms with Gasteiger partial charge >= 0.3 is 0 Å². The number of fused-ring (bicyclic) bond motifs is 1. The van der Waals surface area contributed by atoms with Crippen molar-refractivity contribution >= 4 is 18.1 Å². The van der Waals surface area contributed by atoms with Gasteiger partial charge in [0.05, 0.1) is 36.5 Å². The van der Waals surface area contributed by atoms with Gasteiger partial charge in [0.1, 0.15) is 6.61 Å². The second-order valence-corrected chi connectivity index (χ2v) is 12.7. The summed E-state index contributed by atoms with van der Waals surface area (Å²) in [6.45, 7) is 3.25. The summed E-state index contributed by atoms with van der Waals surface area (Å²) < 4.78 is 24.0. The third kappa shape index (κ3) is 6.15. The van der Waals surface area contributed by atoms with Crippen LogP contribution in [-0.4, -0.2) is 72.5 Å². The first-order chi connectivity index (χ1) is 17.6. The lowest BCUT2D eigenvalue weighted by Gasteiger charge is -2.46. The molecule has 36 heavy (non-hydrogen) atoms. The lowest BCUT2D eigenvalue weighted by atomic mass is 9.67. The minimum absolute atomic E-state index is 0.0894. The van der Waals surface area contributed by atoms with Gasteiger partial charge in [0.2, 0.25) is 5.91 Å². The monoisotopic (exact) mass is 521 g/mol. The second kappa shape index (κ2) is 12.0. The van der Waals surface area contributed by atoms with Crippen LogP contribution in [0.3, 0.4) is 0 Å². The maximum Gasteiger partial charge on any atom is 0.249 e. The van der Waals surface area contributed by atoms with Gasteiger partial charge in [-0.05, 0) is 108 Å². The maximum atomic E-state index is 12.8. The molecule has 5 rings (SSSR count). The first kappa shape index (κ1) is 26.9. The molecule has 0 aromatic carbocycles. The molecule has 0 radical (unpaired) electrons. The minimum atomic E-state index is -0.372. The molecule has 0 aromatic rings. The van der Waals surface area contributed by atoms with Crippen LogP contribution in [0.25, 0.3) is 0 Å². The number of hydrogen-bond acceptors (Lipinski definition) is 7. The van der Waals surface area contributed by atoms with Crippen molar-refractivity contribution in [3.8, 4) is 0 Å². The van der Waals surface area contributed by atoms with Gasteiger partial charge < -0.3 is 24.2 Å². The van der Waals surface area contributed by atoms with Crippen LogP contribution in [0.4, 0.5) is 0 Å². The molecule has 2 saturated carbocycles. The summed E-state index contributed by atoms with van der Waals surface area (Å²) in [5.41, 5.74) is 1.07. The average molecular weight is 522 g/mol. The zero-order valence-electron chi connectivity index (χ0n) is 22.1. The van der Waals surface area contributed by atoms with Crippen molar-refractivity contribution in [3.63, 3.8) is 0 Å². The SMILES string of the molecule is COCC1(N2CC(CCNSO)(CCC3=CCC(C4CCC5CCCNC5C4)CC3)OCC2=O)CC1. The lowest BCUT2D eigenvalue weighted by molar-refractivity contribution is -0.173. The smallest absolute Gasteiger partial charge is 0.249 e. The Hall–Kier alpha value is -0.640. The topological polar surface area (TPSA) is 83.1 Å². The number of carbonyl (C=O) groups excluding carboxylic acids is 1. The molecule has 7 nitrogen and oxygen atoms in total. The van der Waals surface area contributed by atoms with E-state index >= 15 is 0 Å². The first-order valence-corrected chi connectivity index (χ1v) is 15.2. The van der Waals surface area contributed by atoms with Gasteiger partial charge in [0.25, 0.3) is 0 Å². The van der Waals surface area contributed by atoms with Gasteiger partial charge in [0, 0.05) is 19.7 Å². The highest BCUT2D eigenvalue weighted by Gasteiger charge is 2.54. The highest BCUT2D eigenvalue weighted by atomic mass is 32.2. The third-order valence-electron chi connectivity index (χ3n) is 10.1. The Morgan fingerprint density at radius 2 is 2.08 bits per heavy atom. The Labute approximate surface area is 221 Å². The summed E-state index contributed by atoms with van der Waals surface area (Å²) in [6.07, 6.45) is 18.1. The number of piperidine rings is 1. The zero-order chi connectivity index (χ0) is 25.0. The molecular weight excluding hydrogens is 474 g/mol. The fourth-order valence-corrected chi connectivity index (χ4v) is 7.89. The van der Waals surface area contributed by atoms with Crippen molar-refractivity contribution in [2.75, 3.05) is 40.0 Å². The Bertz CT molecular complexity index is 791. The molecule has 0 bridgehead atoms. The largest absolute Gasteiger partial charge is 0.382 e. The van der Waals surface area contributed by atoms with Crippen LogP contribution < -0.4 is 10.0 Å². The fraction of sp³-hybridized carbons (Fsp3) is 0.893. The van der Waals surface area contributed by atoms with Crippen LogP contribution in [0.1, 0.15) is 83.5 Å². The van der Waals surface area contributed by atoms with E-state index in [1.807, 2.05) is 0 Å². The summed E-state index contributed by atoms with van der Waals surface area (Å²) in [4.78, 5) is 14.9. The third-order valence-corrected chi connectivity index (χ3v) is 10.4. The van der Waals surface area contributed by atoms with Gasteiger partial charge in [0.15, 0.2) is 0 Å². The molecule has 2 aliphatic heterocycles. The normalized spacial score (nSPS) is 36.3. The Balaban J connectivity index is 1.17. The fourth-order valence-electron chi connectivity index (χ4n) is 7.70. The number of nitrogens with zero attached hydrogens (tertiary/aromatic N) is 1. The van der Waals surface area contributed by atoms with Crippen LogP contribution in [0.15, 0.2) is 11.6 Å². The van der Waals surface area contributed by atoms with Gasteiger partial charge in [-0.25, -0.2) is 4.72 Å². The van der Waals surface area contributed by atoms with Crippen molar-refractivity contribution in [1.29, 1.82) is 0 Å². The van der Waals surface area contributed by atoms with Crippen molar-refractivity contribution in [2.45, 2.75) is 101 Å². The maximum absolute atomic E-state index is 12.8. The number of ether oxygens (including phenoxy) is 2.